The number of hydrogen-bond acceptors (Lipinski definition) is 2. The van der Waals surface area contributed by atoms with E-state index in [1.54, 1.807) is 0 Å². The van der Waals surface area contributed by atoms with Crippen molar-refractivity contribution in [3.05, 3.63) is 0 Å². The van der Waals surface area contributed by atoms with Gasteiger partial charge in [0.1, 0.15) is 0 Å². The maximum atomic E-state index is 10.3. The van der Waals surface area contributed by atoms with Gasteiger partial charge in [-0.2, -0.15) is 0 Å². The van der Waals surface area contributed by atoms with Crippen LogP contribution in [0.2, 0.25) is 0 Å². The molecule has 0 heterocycles. The summed E-state index contributed by atoms with van der Waals surface area (Å²) in [6.45, 7) is 4.66. The minimum absolute atomic E-state index is 0. The number of hydrogen-bond donors (Lipinski definition) is 0. The maximum absolute atomic E-state index is 10.3. The molecule has 0 N–H and O–H groups in total. The summed E-state index contributed by atoms with van der Waals surface area (Å²) in [6.07, 6.45) is 18.3. The average molecular weight is 337 g/mol. The summed E-state index contributed by atoms with van der Waals surface area (Å²) in [4.78, 5) is 10.3. The van der Waals surface area contributed by atoms with E-state index in [4.69, 9.17) is 0 Å². The van der Waals surface area contributed by atoms with Gasteiger partial charge in [-0.3, -0.25) is 0 Å². The van der Waals surface area contributed by atoms with Crippen LogP contribution in [0.4, 0.5) is 0 Å². The number of rotatable bonds is 16. The van der Waals surface area contributed by atoms with Crippen LogP contribution in [-0.2, 0) is 4.79 Å². The molecule has 0 aliphatic rings. The molecule has 0 aliphatic heterocycles. The van der Waals surface area contributed by atoms with Crippen LogP contribution in [0.25, 0.3) is 0 Å². The molecule has 0 aliphatic carbocycles. The standard InChI is InChI=1S/C19H38O2.K/c1-3-4-5-6-9-12-15-18(2)16-13-10-7-8-11-14-17-19(20)21;/h18H,3-17H2,1-2H3,(H,20,21);/q;+1/p-1. The van der Waals surface area contributed by atoms with Gasteiger partial charge in [-0.25, -0.2) is 0 Å². The minimum atomic E-state index is -0.904. The third-order valence-corrected chi connectivity index (χ3v) is 4.38. The number of carboxylic acid groups (broad SMARTS) is 1. The van der Waals surface area contributed by atoms with E-state index in [1.807, 2.05) is 0 Å². The van der Waals surface area contributed by atoms with Crippen LogP contribution < -0.4 is 56.5 Å². The van der Waals surface area contributed by atoms with E-state index >= 15 is 0 Å². The quantitative estimate of drug-likeness (QED) is 0.320. The Bertz CT molecular complexity index is 231. The van der Waals surface area contributed by atoms with Crippen molar-refractivity contribution in [3.63, 3.8) is 0 Å². The molecule has 0 bridgehead atoms. The zero-order chi connectivity index (χ0) is 15.8. The van der Waals surface area contributed by atoms with Crippen molar-refractivity contribution in [2.75, 3.05) is 0 Å². The number of carbonyl (C=O) groups is 1. The van der Waals surface area contributed by atoms with Crippen LogP contribution in [0.1, 0.15) is 110 Å². The first-order chi connectivity index (χ1) is 10.2. The van der Waals surface area contributed by atoms with Crippen LogP contribution in [0.3, 0.4) is 0 Å². The van der Waals surface area contributed by atoms with E-state index in [0.29, 0.717) is 0 Å². The van der Waals surface area contributed by atoms with E-state index in [-0.39, 0.29) is 57.8 Å². The second-order valence-electron chi connectivity index (χ2n) is 6.69. The van der Waals surface area contributed by atoms with Crippen molar-refractivity contribution in [1.82, 2.24) is 0 Å². The third kappa shape index (κ3) is 21.1. The second-order valence-corrected chi connectivity index (χ2v) is 6.69. The van der Waals surface area contributed by atoms with Crippen molar-refractivity contribution in [3.8, 4) is 0 Å². The van der Waals surface area contributed by atoms with Gasteiger partial charge in [-0.1, -0.05) is 97.3 Å². The van der Waals surface area contributed by atoms with E-state index in [9.17, 15) is 9.90 Å². The Morgan fingerprint density at radius 3 is 1.64 bits per heavy atom. The van der Waals surface area contributed by atoms with E-state index in [2.05, 4.69) is 13.8 Å². The van der Waals surface area contributed by atoms with Gasteiger partial charge < -0.3 is 9.90 Å². The minimum Gasteiger partial charge on any atom is -0.550 e. The largest absolute Gasteiger partial charge is 1.00 e. The number of aliphatic carboxylic acids is 1. The second kappa shape index (κ2) is 20.2. The summed E-state index contributed by atoms with van der Waals surface area (Å²) in [5, 5.41) is 10.3. The molecule has 0 aromatic heterocycles. The van der Waals surface area contributed by atoms with Crippen LogP contribution >= 0.6 is 0 Å². The molecular formula is C19H37KO2. The van der Waals surface area contributed by atoms with Gasteiger partial charge in [0.2, 0.25) is 0 Å². The van der Waals surface area contributed by atoms with Gasteiger partial charge >= 0.3 is 51.4 Å². The normalized spacial score (nSPS) is 11.9. The smallest absolute Gasteiger partial charge is 0.550 e. The fraction of sp³-hybridized carbons (Fsp3) is 0.947. The SMILES string of the molecule is CCCCCCCCC(C)CCCCCCCCC(=O)[O-].[K+]. The zero-order valence-electron chi connectivity index (χ0n) is 15.5. The van der Waals surface area contributed by atoms with E-state index in [1.165, 1.54) is 77.0 Å². The van der Waals surface area contributed by atoms with Crippen molar-refractivity contribution in [2.45, 2.75) is 110 Å². The Kier molecular flexibility index (Phi) is 23.2. The van der Waals surface area contributed by atoms with Crippen LogP contribution in [0.5, 0.6) is 0 Å². The first kappa shape index (κ1) is 25.3. The van der Waals surface area contributed by atoms with E-state index in [0.717, 1.165) is 18.8 Å². The molecule has 0 spiro atoms. The summed E-state index contributed by atoms with van der Waals surface area (Å²) in [6, 6.07) is 0. The number of carbonyl (C=O) groups excluding carboxylic acids is 1. The van der Waals surface area contributed by atoms with Crippen molar-refractivity contribution in [1.29, 1.82) is 0 Å². The molecule has 0 saturated carbocycles. The van der Waals surface area contributed by atoms with Crippen molar-refractivity contribution >= 4 is 5.97 Å². The monoisotopic (exact) mass is 336 g/mol. The molecule has 2 nitrogen and oxygen atoms in total. The fourth-order valence-corrected chi connectivity index (χ4v) is 2.89. The summed E-state index contributed by atoms with van der Waals surface area (Å²) >= 11 is 0. The molecule has 0 aromatic rings. The molecule has 0 aromatic carbocycles. The molecule has 0 fully saturated rings. The first-order valence-corrected chi connectivity index (χ1v) is 9.36. The summed E-state index contributed by atoms with van der Waals surface area (Å²) < 4.78 is 0. The van der Waals surface area contributed by atoms with Crippen LogP contribution in [0, 0.1) is 5.92 Å². The average Bonchev–Trinajstić information content (AvgIpc) is 2.45. The molecule has 22 heavy (non-hydrogen) atoms. The van der Waals surface area contributed by atoms with Gasteiger partial charge in [0.25, 0.3) is 0 Å². The topological polar surface area (TPSA) is 40.1 Å². The molecule has 1 unspecified atom stereocenters. The predicted octanol–water partition coefficient (Wildman–Crippen LogP) is 2.25. The molecular weight excluding hydrogens is 299 g/mol. The summed E-state index contributed by atoms with van der Waals surface area (Å²) in [7, 11) is 0. The van der Waals surface area contributed by atoms with Gasteiger partial charge in [0.15, 0.2) is 0 Å². The molecule has 3 heteroatoms. The fourth-order valence-electron chi connectivity index (χ4n) is 2.89. The predicted molar refractivity (Wildman–Crippen MR) is 89.1 cm³/mol. The molecule has 0 radical (unpaired) electrons. The van der Waals surface area contributed by atoms with Crippen molar-refractivity contribution in [2.24, 2.45) is 5.92 Å². The Hall–Kier alpha value is 1.11. The Morgan fingerprint density at radius 1 is 0.773 bits per heavy atom. The van der Waals surface area contributed by atoms with E-state index < -0.39 is 5.97 Å². The molecule has 0 saturated heterocycles. The number of unbranched alkanes of at least 4 members (excludes halogenated alkanes) is 10. The Labute approximate surface area is 181 Å². The van der Waals surface area contributed by atoms with Gasteiger partial charge in [-0.15, -0.1) is 0 Å². The first-order valence-electron chi connectivity index (χ1n) is 9.36. The number of carboxylic acids is 1. The Morgan fingerprint density at radius 2 is 1.18 bits per heavy atom. The molecule has 126 valence electrons. The van der Waals surface area contributed by atoms with Crippen LogP contribution in [0.15, 0.2) is 0 Å². The Balaban J connectivity index is 0. The van der Waals surface area contributed by atoms with Crippen LogP contribution in [-0.4, -0.2) is 5.97 Å². The van der Waals surface area contributed by atoms with Gasteiger partial charge in [0, 0.05) is 5.97 Å². The zero-order valence-corrected chi connectivity index (χ0v) is 18.6. The molecule has 0 rings (SSSR count). The van der Waals surface area contributed by atoms with Crippen molar-refractivity contribution < 1.29 is 61.3 Å². The summed E-state index contributed by atoms with van der Waals surface area (Å²) in [5.74, 6) is -0.0206. The molecule has 0 amide bonds. The van der Waals surface area contributed by atoms with Gasteiger partial charge in [-0.05, 0) is 18.8 Å². The maximum Gasteiger partial charge on any atom is 1.00 e. The third-order valence-electron chi connectivity index (χ3n) is 4.38. The molecule has 1 atom stereocenters. The summed E-state index contributed by atoms with van der Waals surface area (Å²) in [5.41, 5.74) is 0. The van der Waals surface area contributed by atoms with Gasteiger partial charge in [0.05, 0.1) is 0 Å².